The Balaban J connectivity index is 2.18. The molecule has 0 saturated heterocycles. The van der Waals surface area contributed by atoms with E-state index in [2.05, 4.69) is 87.8 Å². The largest absolute Gasteiger partial charge is 0.462 e. The molecule has 2 rings (SSSR count). The second kappa shape index (κ2) is 10.7. The summed E-state index contributed by atoms with van der Waals surface area (Å²) >= 11 is 0. The third-order valence-corrected chi connectivity index (χ3v) is 17.2. The Labute approximate surface area is 190 Å². The lowest BCUT2D eigenvalue weighted by Crippen LogP contribution is -2.64. The summed E-state index contributed by atoms with van der Waals surface area (Å²) in [6.07, 6.45) is 0.775. The smallest absolute Gasteiger partial charge is 0.348 e. The van der Waals surface area contributed by atoms with Crippen LogP contribution in [0.1, 0.15) is 13.3 Å². The Morgan fingerprint density at radius 1 is 0.839 bits per heavy atom. The first-order valence-electron chi connectivity index (χ1n) is 10.8. The van der Waals surface area contributed by atoms with Crippen LogP contribution in [0.3, 0.4) is 0 Å². The fourth-order valence-electron chi connectivity index (χ4n) is 3.63. The Kier molecular flexibility index (Phi) is 8.79. The number of hydrogen-bond acceptors (Lipinski definition) is 4. The van der Waals surface area contributed by atoms with Crippen LogP contribution in [0.15, 0.2) is 72.8 Å². The van der Waals surface area contributed by atoms with Gasteiger partial charge in [0.2, 0.25) is 8.32 Å². The maximum absolute atomic E-state index is 11.6. The van der Waals surface area contributed by atoms with E-state index in [0.717, 1.165) is 17.7 Å². The highest BCUT2D eigenvalue weighted by atomic mass is 28.5. The van der Waals surface area contributed by atoms with Crippen molar-refractivity contribution in [3.63, 3.8) is 0 Å². The second-order valence-electron chi connectivity index (χ2n) is 9.17. The fraction of sp³-hybridized carbons (Fsp3) is 0.375. The number of esters is 1. The molecule has 0 bridgehead atoms. The standard InChI is InChI=1S/C24H36O4Si3/c1-21(2)24(25)26-19-14-20-29(3,4)27-31(7,23-17-12-9-13-18-23)28-30(5,6)22-15-10-8-11-16-22/h8-13,15-18H,1,14,19-20H2,2-7H3. The maximum atomic E-state index is 11.6. The zero-order chi connectivity index (χ0) is 23.1. The van der Waals surface area contributed by atoms with Gasteiger partial charge in [0.1, 0.15) is 0 Å². The molecule has 1 atom stereocenters. The van der Waals surface area contributed by atoms with Gasteiger partial charge in [0.25, 0.3) is 0 Å². The van der Waals surface area contributed by atoms with Gasteiger partial charge in [0.15, 0.2) is 8.32 Å². The lowest BCUT2D eigenvalue weighted by Gasteiger charge is -2.41. The lowest BCUT2D eigenvalue weighted by atomic mass is 10.4. The molecule has 0 fully saturated rings. The van der Waals surface area contributed by atoms with Crippen molar-refractivity contribution in [3.8, 4) is 0 Å². The van der Waals surface area contributed by atoms with E-state index in [9.17, 15) is 4.79 Å². The van der Waals surface area contributed by atoms with Crippen LogP contribution >= 0.6 is 0 Å². The predicted molar refractivity (Wildman–Crippen MR) is 136 cm³/mol. The summed E-state index contributed by atoms with van der Waals surface area (Å²) in [6, 6.07) is 21.8. The topological polar surface area (TPSA) is 44.8 Å². The molecule has 7 heteroatoms. The van der Waals surface area contributed by atoms with Gasteiger partial charge in [-0.05, 0) is 62.5 Å². The fourth-order valence-corrected chi connectivity index (χ4v) is 16.9. The van der Waals surface area contributed by atoms with Gasteiger partial charge in [0.05, 0.1) is 6.61 Å². The Hall–Kier alpha value is -1.78. The zero-order valence-corrected chi connectivity index (χ0v) is 22.7. The molecule has 0 aliphatic rings. The van der Waals surface area contributed by atoms with Gasteiger partial charge in [-0.1, -0.05) is 67.2 Å². The summed E-state index contributed by atoms with van der Waals surface area (Å²) in [5.41, 5.74) is 0.429. The molecule has 0 heterocycles. The molecular weight excluding hydrogens is 437 g/mol. The quantitative estimate of drug-likeness (QED) is 0.203. The molecule has 0 amide bonds. The van der Waals surface area contributed by atoms with E-state index < -0.39 is 25.2 Å². The molecule has 0 radical (unpaired) electrons. The Bertz CT molecular complexity index is 869. The predicted octanol–water partition coefficient (Wildman–Crippen LogP) is 4.83. The Morgan fingerprint density at radius 2 is 1.35 bits per heavy atom. The van der Waals surface area contributed by atoms with E-state index >= 15 is 0 Å². The van der Waals surface area contributed by atoms with E-state index in [1.54, 1.807) is 6.92 Å². The third kappa shape index (κ3) is 7.69. The first-order chi connectivity index (χ1) is 14.5. The van der Waals surface area contributed by atoms with Crippen molar-refractivity contribution < 1.29 is 17.8 Å². The van der Waals surface area contributed by atoms with Crippen molar-refractivity contribution in [1.29, 1.82) is 0 Å². The van der Waals surface area contributed by atoms with Crippen LogP contribution in [0, 0.1) is 0 Å². The summed E-state index contributed by atoms with van der Waals surface area (Å²) in [6.45, 7) is 16.8. The number of rotatable bonds is 11. The molecule has 1 unspecified atom stereocenters. The molecule has 0 saturated carbocycles. The molecule has 31 heavy (non-hydrogen) atoms. The van der Waals surface area contributed by atoms with Crippen molar-refractivity contribution in [2.24, 2.45) is 0 Å². The van der Waals surface area contributed by atoms with Gasteiger partial charge in [-0.2, -0.15) is 0 Å². The molecule has 168 valence electrons. The van der Waals surface area contributed by atoms with E-state index in [0.29, 0.717) is 12.2 Å². The van der Waals surface area contributed by atoms with Crippen LogP contribution in [0.2, 0.25) is 38.8 Å². The van der Waals surface area contributed by atoms with Crippen LogP contribution < -0.4 is 10.4 Å². The van der Waals surface area contributed by atoms with Gasteiger partial charge in [-0.15, -0.1) is 0 Å². The van der Waals surface area contributed by atoms with E-state index in [1.807, 2.05) is 12.1 Å². The number of carbonyl (C=O) groups is 1. The highest BCUT2D eigenvalue weighted by Crippen LogP contribution is 2.24. The monoisotopic (exact) mass is 472 g/mol. The summed E-state index contributed by atoms with van der Waals surface area (Å²) in [5, 5.41) is 2.42. The maximum Gasteiger partial charge on any atom is 0.348 e. The van der Waals surface area contributed by atoms with Crippen molar-refractivity contribution >= 4 is 41.5 Å². The van der Waals surface area contributed by atoms with Crippen LogP contribution in [-0.4, -0.2) is 37.8 Å². The first-order valence-corrected chi connectivity index (χ1v) is 19.1. The Morgan fingerprint density at radius 3 is 1.87 bits per heavy atom. The summed E-state index contributed by atoms with van der Waals surface area (Å²) in [4.78, 5) is 11.6. The van der Waals surface area contributed by atoms with Crippen molar-refractivity contribution in [2.75, 3.05) is 6.61 Å². The molecule has 0 N–H and O–H groups in total. The van der Waals surface area contributed by atoms with Gasteiger partial charge in [-0.3, -0.25) is 0 Å². The molecule has 2 aromatic rings. The van der Waals surface area contributed by atoms with E-state index in [-0.39, 0.29) is 5.97 Å². The minimum absolute atomic E-state index is 0.331. The summed E-state index contributed by atoms with van der Waals surface area (Å²) in [5.74, 6) is -0.331. The normalized spacial score (nSPS) is 14.0. The molecule has 0 aliphatic heterocycles. The summed E-state index contributed by atoms with van der Waals surface area (Å²) < 4.78 is 19.2. The third-order valence-electron chi connectivity index (χ3n) is 5.19. The molecule has 0 spiro atoms. The van der Waals surface area contributed by atoms with Gasteiger partial charge < -0.3 is 13.0 Å². The minimum atomic E-state index is -2.68. The first kappa shape index (κ1) is 25.5. The van der Waals surface area contributed by atoms with Crippen molar-refractivity contribution in [2.45, 2.75) is 52.1 Å². The average Bonchev–Trinajstić information content (AvgIpc) is 2.71. The number of ether oxygens (including phenoxy) is 1. The van der Waals surface area contributed by atoms with Gasteiger partial charge in [-0.25, -0.2) is 4.79 Å². The second-order valence-corrected chi connectivity index (χ2v) is 20.9. The highest BCUT2D eigenvalue weighted by Gasteiger charge is 2.45. The van der Waals surface area contributed by atoms with Crippen molar-refractivity contribution in [3.05, 3.63) is 72.8 Å². The molecule has 0 aromatic heterocycles. The van der Waals surface area contributed by atoms with Crippen LogP contribution in [0.5, 0.6) is 0 Å². The molecule has 2 aromatic carbocycles. The molecule has 0 aliphatic carbocycles. The van der Waals surface area contributed by atoms with Crippen LogP contribution in [0.25, 0.3) is 0 Å². The SMILES string of the molecule is C=C(C)C(=O)OCCC[Si](C)(C)O[Si](C)(O[Si](C)(C)c1ccccc1)c1ccccc1. The number of carbonyl (C=O) groups excluding carboxylic acids is 1. The zero-order valence-electron chi connectivity index (χ0n) is 19.7. The highest BCUT2D eigenvalue weighted by molar-refractivity contribution is 6.98. The van der Waals surface area contributed by atoms with E-state index in [4.69, 9.17) is 13.0 Å². The van der Waals surface area contributed by atoms with Crippen molar-refractivity contribution in [1.82, 2.24) is 0 Å². The van der Waals surface area contributed by atoms with E-state index in [1.165, 1.54) is 5.19 Å². The molecular formula is C24H36O4Si3. The average molecular weight is 473 g/mol. The number of hydrogen-bond donors (Lipinski definition) is 0. The van der Waals surface area contributed by atoms with Gasteiger partial charge in [0, 0.05) is 5.57 Å². The van der Waals surface area contributed by atoms with Gasteiger partial charge >= 0.3 is 14.5 Å². The van der Waals surface area contributed by atoms with Crippen LogP contribution in [0.4, 0.5) is 0 Å². The van der Waals surface area contributed by atoms with Crippen LogP contribution in [-0.2, 0) is 17.8 Å². The minimum Gasteiger partial charge on any atom is -0.462 e. The number of benzene rings is 2. The molecule has 4 nitrogen and oxygen atoms in total. The lowest BCUT2D eigenvalue weighted by molar-refractivity contribution is -0.138. The summed E-state index contributed by atoms with van der Waals surface area (Å²) in [7, 11) is -6.94.